The second-order valence-corrected chi connectivity index (χ2v) is 1.60. The number of aliphatic hydroxyl groups is 1. The summed E-state index contributed by atoms with van der Waals surface area (Å²) in [6.07, 6.45) is 1.09. The van der Waals surface area contributed by atoms with Crippen molar-refractivity contribution < 1.29 is 9.84 Å². The SMILES string of the molecule is C=CC(O)C1CO1. The van der Waals surface area contributed by atoms with E-state index in [0.717, 1.165) is 0 Å². The van der Waals surface area contributed by atoms with Crippen LogP contribution in [0.5, 0.6) is 0 Å². The highest BCUT2D eigenvalue weighted by Crippen LogP contribution is 2.13. The fourth-order valence-corrected chi connectivity index (χ4v) is 0.405. The molecular weight excluding hydrogens is 92.1 g/mol. The summed E-state index contributed by atoms with van der Waals surface area (Å²) in [6.45, 7) is 4.08. The zero-order valence-corrected chi connectivity index (χ0v) is 4.00. The Kier molecular flexibility index (Phi) is 1.13. The van der Waals surface area contributed by atoms with Gasteiger partial charge in [-0.05, 0) is 0 Å². The van der Waals surface area contributed by atoms with Gasteiger partial charge in [0.15, 0.2) is 0 Å². The van der Waals surface area contributed by atoms with E-state index in [-0.39, 0.29) is 6.10 Å². The molecule has 1 N–H and O–H groups in total. The minimum absolute atomic E-state index is 0.0532. The van der Waals surface area contributed by atoms with Crippen LogP contribution >= 0.6 is 0 Å². The van der Waals surface area contributed by atoms with Crippen molar-refractivity contribution in [2.24, 2.45) is 0 Å². The molecule has 7 heavy (non-hydrogen) atoms. The van der Waals surface area contributed by atoms with Crippen LogP contribution in [-0.4, -0.2) is 23.9 Å². The van der Waals surface area contributed by atoms with Gasteiger partial charge in [0.2, 0.25) is 0 Å². The monoisotopic (exact) mass is 100 g/mol. The highest BCUT2D eigenvalue weighted by Gasteiger charge is 2.28. The van der Waals surface area contributed by atoms with Gasteiger partial charge in [0.05, 0.1) is 6.61 Å². The molecule has 1 fully saturated rings. The molecule has 0 aromatic heterocycles. The van der Waals surface area contributed by atoms with Crippen LogP contribution in [0.2, 0.25) is 0 Å². The normalized spacial score (nSPS) is 31.9. The molecule has 1 heterocycles. The van der Waals surface area contributed by atoms with Crippen molar-refractivity contribution in [3.63, 3.8) is 0 Å². The van der Waals surface area contributed by atoms with Crippen molar-refractivity contribution in [2.75, 3.05) is 6.61 Å². The van der Waals surface area contributed by atoms with Gasteiger partial charge in [0, 0.05) is 0 Å². The third-order valence-electron chi connectivity index (χ3n) is 0.982. The van der Waals surface area contributed by atoms with Crippen LogP contribution in [0.1, 0.15) is 0 Å². The molecule has 0 aliphatic carbocycles. The summed E-state index contributed by atoms with van der Waals surface area (Å²) >= 11 is 0. The molecule has 1 aliphatic rings. The molecule has 0 radical (unpaired) electrons. The molecular formula is C5H8O2. The van der Waals surface area contributed by atoms with Gasteiger partial charge < -0.3 is 9.84 Å². The Labute approximate surface area is 42.4 Å². The third-order valence-corrected chi connectivity index (χ3v) is 0.982. The van der Waals surface area contributed by atoms with E-state index in [4.69, 9.17) is 9.84 Å². The van der Waals surface area contributed by atoms with E-state index in [9.17, 15) is 0 Å². The third kappa shape index (κ3) is 1.01. The van der Waals surface area contributed by atoms with Crippen LogP contribution in [0.25, 0.3) is 0 Å². The molecule has 2 nitrogen and oxygen atoms in total. The van der Waals surface area contributed by atoms with Crippen LogP contribution in [0.15, 0.2) is 12.7 Å². The molecule has 2 heteroatoms. The average molecular weight is 100 g/mol. The molecule has 40 valence electrons. The quantitative estimate of drug-likeness (QED) is 0.389. The Morgan fingerprint density at radius 2 is 2.57 bits per heavy atom. The number of aliphatic hydroxyl groups excluding tert-OH is 1. The smallest absolute Gasteiger partial charge is 0.110 e. The van der Waals surface area contributed by atoms with Gasteiger partial charge in [0.1, 0.15) is 12.2 Å². The van der Waals surface area contributed by atoms with Gasteiger partial charge in [-0.3, -0.25) is 0 Å². The van der Waals surface area contributed by atoms with Crippen LogP contribution in [0, 0.1) is 0 Å². The Balaban J connectivity index is 2.22. The predicted octanol–water partition coefficient (Wildman–Crippen LogP) is -0.0679. The van der Waals surface area contributed by atoms with E-state index in [1.165, 1.54) is 6.08 Å². The Morgan fingerprint density at radius 1 is 2.00 bits per heavy atom. The second-order valence-electron chi connectivity index (χ2n) is 1.60. The molecule has 1 saturated heterocycles. The summed E-state index contributed by atoms with van der Waals surface area (Å²) in [6, 6.07) is 0. The Bertz CT molecular complexity index is 76.1. The summed E-state index contributed by atoms with van der Waals surface area (Å²) in [5.41, 5.74) is 0. The van der Waals surface area contributed by atoms with Crippen molar-refractivity contribution in [2.45, 2.75) is 12.2 Å². The van der Waals surface area contributed by atoms with Gasteiger partial charge >= 0.3 is 0 Å². The summed E-state index contributed by atoms with van der Waals surface area (Å²) in [4.78, 5) is 0. The first-order valence-electron chi connectivity index (χ1n) is 2.27. The summed E-state index contributed by atoms with van der Waals surface area (Å²) in [7, 11) is 0. The number of ether oxygens (including phenoxy) is 1. The molecule has 0 aromatic carbocycles. The van der Waals surface area contributed by atoms with Crippen molar-refractivity contribution in [1.29, 1.82) is 0 Å². The second kappa shape index (κ2) is 1.64. The average Bonchev–Trinajstić information content (AvgIpc) is 2.44. The minimum atomic E-state index is -0.444. The van der Waals surface area contributed by atoms with Gasteiger partial charge in [0.25, 0.3) is 0 Å². The first kappa shape index (κ1) is 4.81. The molecule has 0 spiro atoms. The van der Waals surface area contributed by atoms with E-state index < -0.39 is 6.10 Å². The minimum Gasteiger partial charge on any atom is -0.386 e. The number of hydrogen-bond donors (Lipinski definition) is 1. The van der Waals surface area contributed by atoms with Crippen molar-refractivity contribution in [3.8, 4) is 0 Å². The summed E-state index contributed by atoms with van der Waals surface area (Å²) in [5.74, 6) is 0. The molecule has 1 rings (SSSR count). The number of hydrogen-bond acceptors (Lipinski definition) is 2. The van der Waals surface area contributed by atoms with E-state index in [1.807, 2.05) is 0 Å². The van der Waals surface area contributed by atoms with Crippen LogP contribution < -0.4 is 0 Å². The Morgan fingerprint density at radius 3 is 2.71 bits per heavy atom. The topological polar surface area (TPSA) is 32.8 Å². The van der Waals surface area contributed by atoms with E-state index >= 15 is 0 Å². The van der Waals surface area contributed by atoms with Crippen molar-refractivity contribution in [3.05, 3.63) is 12.7 Å². The molecule has 2 unspecified atom stereocenters. The van der Waals surface area contributed by atoms with Crippen LogP contribution in [0.4, 0.5) is 0 Å². The first-order valence-corrected chi connectivity index (χ1v) is 2.27. The fraction of sp³-hybridized carbons (Fsp3) is 0.600. The molecule has 2 atom stereocenters. The largest absolute Gasteiger partial charge is 0.386 e. The maximum Gasteiger partial charge on any atom is 0.110 e. The van der Waals surface area contributed by atoms with Crippen molar-refractivity contribution in [1.82, 2.24) is 0 Å². The van der Waals surface area contributed by atoms with Gasteiger partial charge in [-0.2, -0.15) is 0 Å². The van der Waals surface area contributed by atoms with Gasteiger partial charge in [-0.25, -0.2) is 0 Å². The molecule has 0 aromatic rings. The standard InChI is InChI=1S/C5H8O2/c1-2-4(6)5-3-7-5/h2,4-6H,1,3H2. The van der Waals surface area contributed by atoms with Gasteiger partial charge in [-0.15, -0.1) is 6.58 Å². The molecule has 0 amide bonds. The first-order chi connectivity index (χ1) is 3.34. The number of rotatable bonds is 2. The fourth-order valence-electron chi connectivity index (χ4n) is 0.405. The zero-order chi connectivity index (χ0) is 5.28. The molecule has 0 saturated carbocycles. The van der Waals surface area contributed by atoms with Crippen LogP contribution in [0.3, 0.4) is 0 Å². The summed E-state index contributed by atoms with van der Waals surface area (Å²) in [5, 5.41) is 8.75. The van der Waals surface area contributed by atoms with E-state index in [1.54, 1.807) is 0 Å². The van der Waals surface area contributed by atoms with E-state index in [0.29, 0.717) is 6.61 Å². The highest BCUT2D eigenvalue weighted by atomic mass is 16.6. The molecule has 1 aliphatic heterocycles. The summed E-state index contributed by atoms with van der Waals surface area (Å²) < 4.78 is 4.74. The lowest BCUT2D eigenvalue weighted by Crippen LogP contribution is -2.09. The van der Waals surface area contributed by atoms with Crippen LogP contribution in [-0.2, 0) is 4.74 Å². The van der Waals surface area contributed by atoms with Crippen molar-refractivity contribution >= 4 is 0 Å². The van der Waals surface area contributed by atoms with Gasteiger partial charge in [-0.1, -0.05) is 6.08 Å². The zero-order valence-electron chi connectivity index (χ0n) is 4.00. The molecule has 0 bridgehead atoms. The van der Waals surface area contributed by atoms with E-state index in [2.05, 4.69) is 6.58 Å². The lowest BCUT2D eigenvalue weighted by atomic mass is 10.3. The highest BCUT2D eigenvalue weighted by molar-refractivity contribution is 4.90. The number of epoxide rings is 1. The predicted molar refractivity (Wildman–Crippen MR) is 25.9 cm³/mol. The lowest BCUT2D eigenvalue weighted by Gasteiger charge is -1.93. The maximum atomic E-state index is 8.75. The Hall–Kier alpha value is -0.340. The maximum absolute atomic E-state index is 8.75. The lowest BCUT2D eigenvalue weighted by molar-refractivity contribution is 0.178.